The van der Waals surface area contributed by atoms with Crippen LogP contribution in [-0.2, 0) is 18.4 Å². The zero-order valence-corrected chi connectivity index (χ0v) is 48.6. The summed E-state index contributed by atoms with van der Waals surface area (Å²) in [4.78, 5) is 25.5. The summed E-state index contributed by atoms with van der Waals surface area (Å²) < 4.78 is 23.4. The number of aliphatic hydroxyl groups excluding tert-OH is 1. The van der Waals surface area contributed by atoms with Crippen molar-refractivity contribution in [1.82, 2.24) is 5.32 Å². The Balaban J connectivity index is 4.16. The van der Waals surface area contributed by atoms with Crippen molar-refractivity contribution in [2.24, 2.45) is 0 Å². The molecule has 0 saturated heterocycles. The third-order valence-electron chi connectivity index (χ3n) is 13.8. The maximum absolute atomic E-state index is 13.0. The van der Waals surface area contributed by atoms with Crippen LogP contribution in [-0.4, -0.2) is 68.5 Å². The quantitative estimate of drug-likeness (QED) is 0.0272. The molecule has 71 heavy (non-hydrogen) atoms. The first-order chi connectivity index (χ1) is 34.5. The van der Waals surface area contributed by atoms with E-state index in [2.05, 4.69) is 55.6 Å². The van der Waals surface area contributed by atoms with Gasteiger partial charge in [-0.05, 0) is 64.2 Å². The molecular weight excluding hydrogens is 900 g/mol. The van der Waals surface area contributed by atoms with Gasteiger partial charge in [-0.3, -0.25) is 9.36 Å². The van der Waals surface area contributed by atoms with E-state index in [9.17, 15) is 19.4 Å². The number of phosphoric acid groups is 1. The van der Waals surface area contributed by atoms with Crippen LogP contribution >= 0.6 is 7.82 Å². The van der Waals surface area contributed by atoms with Gasteiger partial charge in [0.15, 0.2) is 0 Å². The van der Waals surface area contributed by atoms with E-state index in [4.69, 9.17) is 9.05 Å². The third kappa shape index (κ3) is 56.0. The molecule has 0 aliphatic rings. The molecule has 0 aliphatic carbocycles. The van der Waals surface area contributed by atoms with E-state index in [1.807, 2.05) is 27.2 Å². The van der Waals surface area contributed by atoms with E-state index in [0.717, 1.165) is 44.9 Å². The largest absolute Gasteiger partial charge is 0.756 e. The van der Waals surface area contributed by atoms with E-state index in [0.29, 0.717) is 17.4 Å². The number of hydrogen-bond acceptors (Lipinski definition) is 6. The molecule has 9 heteroatoms. The molecular formula is C62H119N2O6P. The molecule has 2 N–H and O–H groups in total. The highest BCUT2D eigenvalue weighted by atomic mass is 31.2. The molecule has 0 bridgehead atoms. The number of amides is 1. The van der Waals surface area contributed by atoms with Gasteiger partial charge in [0.1, 0.15) is 13.2 Å². The molecule has 0 radical (unpaired) electrons. The van der Waals surface area contributed by atoms with Gasteiger partial charge in [0.2, 0.25) is 5.91 Å². The van der Waals surface area contributed by atoms with Crippen molar-refractivity contribution in [1.29, 1.82) is 0 Å². The van der Waals surface area contributed by atoms with Gasteiger partial charge < -0.3 is 28.8 Å². The highest BCUT2D eigenvalue weighted by Crippen LogP contribution is 2.38. The van der Waals surface area contributed by atoms with E-state index < -0.39 is 26.6 Å². The Bertz CT molecular complexity index is 1290. The van der Waals surface area contributed by atoms with Crippen LogP contribution in [0.5, 0.6) is 0 Å². The summed E-state index contributed by atoms with van der Waals surface area (Å²) in [5.74, 6) is -0.204. The van der Waals surface area contributed by atoms with Crippen LogP contribution < -0.4 is 10.2 Å². The number of allylic oxidation sites excluding steroid dienone is 7. The van der Waals surface area contributed by atoms with Crippen LogP contribution in [0.3, 0.4) is 0 Å². The fraction of sp³-hybridized carbons (Fsp3) is 0.855. The number of unbranched alkanes of at least 4 members (excludes halogenated alkanes) is 37. The van der Waals surface area contributed by atoms with E-state index >= 15 is 0 Å². The summed E-state index contributed by atoms with van der Waals surface area (Å²) in [6, 6.07) is -0.904. The Labute approximate surface area is 441 Å². The lowest BCUT2D eigenvalue weighted by atomic mass is 10.0. The van der Waals surface area contributed by atoms with Crippen LogP contribution in [0.2, 0.25) is 0 Å². The highest BCUT2D eigenvalue weighted by molar-refractivity contribution is 7.45. The lowest BCUT2D eigenvalue weighted by molar-refractivity contribution is -0.870. The zero-order chi connectivity index (χ0) is 52.0. The maximum atomic E-state index is 13.0. The Morgan fingerprint density at radius 3 is 1.23 bits per heavy atom. The first kappa shape index (κ1) is 69.5. The normalized spacial score (nSPS) is 14.2. The molecule has 0 fully saturated rings. The number of quaternary nitrogens is 1. The number of nitrogens with zero attached hydrogens (tertiary/aromatic N) is 1. The first-order valence-electron chi connectivity index (χ1n) is 30.5. The van der Waals surface area contributed by atoms with Crippen molar-refractivity contribution >= 4 is 13.7 Å². The van der Waals surface area contributed by atoms with Crippen LogP contribution in [0.15, 0.2) is 48.6 Å². The van der Waals surface area contributed by atoms with Crippen molar-refractivity contribution in [3.8, 4) is 0 Å². The number of hydrogen-bond donors (Lipinski definition) is 2. The van der Waals surface area contributed by atoms with Crippen molar-refractivity contribution in [2.75, 3.05) is 40.9 Å². The van der Waals surface area contributed by atoms with Crippen molar-refractivity contribution in [2.45, 2.75) is 302 Å². The monoisotopic (exact) mass is 1020 g/mol. The summed E-state index contributed by atoms with van der Waals surface area (Å²) >= 11 is 0. The molecule has 0 saturated carbocycles. The van der Waals surface area contributed by atoms with Gasteiger partial charge in [-0.2, -0.15) is 0 Å². The smallest absolute Gasteiger partial charge is 0.268 e. The van der Waals surface area contributed by atoms with Gasteiger partial charge in [0.25, 0.3) is 7.82 Å². The molecule has 1 amide bonds. The molecule has 0 spiro atoms. The van der Waals surface area contributed by atoms with Gasteiger partial charge >= 0.3 is 0 Å². The molecule has 0 rings (SSSR count). The second kappa shape index (κ2) is 53.3. The fourth-order valence-corrected chi connectivity index (χ4v) is 9.69. The van der Waals surface area contributed by atoms with Gasteiger partial charge in [0.05, 0.1) is 39.9 Å². The maximum Gasteiger partial charge on any atom is 0.268 e. The minimum atomic E-state index is -4.61. The Morgan fingerprint density at radius 2 is 0.831 bits per heavy atom. The Hall–Kier alpha value is -1.54. The van der Waals surface area contributed by atoms with Gasteiger partial charge in [-0.25, -0.2) is 0 Å². The number of carbonyl (C=O) groups is 1. The number of carbonyl (C=O) groups excluding carboxylic acids is 1. The number of likely N-dealkylation sites (N-methyl/N-ethyl adjacent to an activating group) is 1. The molecule has 418 valence electrons. The summed E-state index contributed by atoms with van der Waals surface area (Å²) in [6.07, 6.45) is 70.6. The molecule has 0 aliphatic heterocycles. The van der Waals surface area contributed by atoms with Crippen LogP contribution in [0.25, 0.3) is 0 Å². The second-order valence-electron chi connectivity index (χ2n) is 22.0. The van der Waals surface area contributed by atoms with Gasteiger partial charge in [-0.15, -0.1) is 0 Å². The van der Waals surface area contributed by atoms with Crippen molar-refractivity contribution in [3.05, 3.63) is 48.6 Å². The summed E-state index contributed by atoms with van der Waals surface area (Å²) in [7, 11) is 1.25. The molecule has 0 aromatic heterocycles. The summed E-state index contributed by atoms with van der Waals surface area (Å²) in [6.45, 7) is 4.65. The molecule has 8 nitrogen and oxygen atoms in total. The number of nitrogens with one attached hydrogen (secondary N) is 1. The number of rotatable bonds is 56. The lowest BCUT2D eigenvalue weighted by Crippen LogP contribution is -2.45. The van der Waals surface area contributed by atoms with Crippen LogP contribution in [0.1, 0.15) is 290 Å². The van der Waals surface area contributed by atoms with E-state index in [1.54, 1.807) is 6.08 Å². The minimum Gasteiger partial charge on any atom is -0.756 e. The van der Waals surface area contributed by atoms with E-state index in [1.165, 1.54) is 225 Å². The molecule has 3 unspecified atom stereocenters. The summed E-state index contributed by atoms with van der Waals surface area (Å²) in [5, 5.41) is 13.9. The van der Waals surface area contributed by atoms with Gasteiger partial charge in [0, 0.05) is 6.42 Å². The molecule has 0 aromatic carbocycles. The second-order valence-corrected chi connectivity index (χ2v) is 23.5. The van der Waals surface area contributed by atoms with Crippen LogP contribution in [0.4, 0.5) is 0 Å². The first-order valence-corrected chi connectivity index (χ1v) is 32.0. The number of phosphoric ester groups is 1. The molecule has 0 aromatic rings. The molecule has 0 heterocycles. The highest BCUT2D eigenvalue weighted by Gasteiger charge is 2.23. The topological polar surface area (TPSA) is 108 Å². The Kier molecular flexibility index (Phi) is 52.1. The lowest BCUT2D eigenvalue weighted by Gasteiger charge is -2.29. The van der Waals surface area contributed by atoms with Gasteiger partial charge in [-0.1, -0.05) is 268 Å². The SMILES string of the molecule is CCCCCCC/C=C\C/C=C\CCCCCCCCCCCCCCCCCCCC(=O)NC(COP(=O)([O-])OCC[N+](C)(C)C)C(O)/C=C/CC/C=C/CCCCCCCCCCCCCCCC. The fourth-order valence-electron chi connectivity index (χ4n) is 8.97. The average molecular weight is 1020 g/mol. The Morgan fingerprint density at radius 1 is 0.493 bits per heavy atom. The third-order valence-corrected chi connectivity index (χ3v) is 14.7. The standard InChI is InChI=1S/C62H119N2O6P/c1-6-8-10-12-14-16-18-20-22-24-26-28-29-30-31-32-33-34-35-36-38-40-42-44-46-48-50-52-54-56-62(66)63-60(59-70-71(67,68)69-58-57-64(3,4)5)61(65)55-53-51-49-47-45-43-41-39-37-27-25-23-21-19-17-15-13-11-9-7-2/h18,20,24,26,45,47,53,55,60-61,65H,6-17,19,21-23,25,27-44,46,48-52,54,56-59H2,1-5H3,(H-,63,66,67,68)/b20-18-,26-24-,47-45+,55-53+. The minimum absolute atomic E-state index is 0.00586. The average Bonchev–Trinajstić information content (AvgIpc) is 3.33. The predicted octanol–water partition coefficient (Wildman–Crippen LogP) is 18.1. The summed E-state index contributed by atoms with van der Waals surface area (Å²) in [5.41, 5.74) is 0. The van der Waals surface area contributed by atoms with Crippen molar-refractivity contribution in [3.63, 3.8) is 0 Å². The van der Waals surface area contributed by atoms with Crippen LogP contribution in [0, 0.1) is 0 Å². The molecule has 3 atom stereocenters. The number of aliphatic hydroxyl groups is 1. The van der Waals surface area contributed by atoms with E-state index in [-0.39, 0.29) is 12.5 Å². The zero-order valence-electron chi connectivity index (χ0n) is 47.7. The predicted molar refractivity (Wildman–Crippen MR) is 307 cm³/mol. The van der Waals surface area contributed by atoms with Crippen molar-refractivity contribution < 1.29 is 32.9 Å².